The second-order valence-corrected chi connectivity index (χ2v) is 9.87. The number of nitrogens with one attached hydrogen (secondary N) is 1. The highest BCUT2D eigenvalue weighted by Crippen LogP contribution is 2.32. The first kappa shape index (κ1) is 22.2. The minimum atomic E-state index is -4.10. The zero-order valence-corrected chi connectivity index (χ0v) is 19.8. The number of oxazole rings is 1. The molecule has 7 nitrogen and oxygen atoms in total. The summed E-state index contributed by atoms with van der Waals surface area (Å²) >= 11 is 3.58. The molecule has 1 atom stereocenters. The van der Waals surface area contributed by atoms with Crippen LogP contribution in [-0.2, 0) is 10.0 Å². The van der Waals surface area contributed by atoms with E-state index in [1.165, 1.54) is 22.8 Å². The van der Waals surface area contributed by atoms with Crippen LogP contribution >= 0.6 is 15.9 Å². The van der Waals surface area contributed by atoms with Crippen LogP contribution in [0.15, 0.2) is 67.1 Å². The van der Waals surface area contributed by atoms with Gasteiger partial charge in [-0.3, -0.25) is 9.29 Å². The molecule has 0 bridgehead atoms. The molecule has 2 aromatic carbocycles. The maximum Gasteiger partial charge on any atom is 0.420 e. The monoisotopic (exact) mass is 519 g/mol. The van der Waals surface area contributed by atoms with Gasteiger partial charge in [-0.05, 0) is 55.7 Å². The molecule has 4 rings (SSSR count). The SMILES string of the molecule is Cc1cc2c(cc1S(=O)(=O)Nc1cccc(F)n1)oc(=O)n2[C@H](C)c1cccc(C)c1Br. The molecule has 2 heterocycles. The average Bonchev–Trinajstić information content (AvgIpc) is 3.03. The summed E-state index contributed by atoms with van der Waals surface area (Å²) in [5, 5.41) is 0. The molecule has 32 heavy (non-hydrogen) atoms. The third kappa shape index (κ3) is 3.95. The number of sulfonamides is 1. The Kier molecular flexibility index (Phi) is 5.68. The van der Waals surface area contributed by atoms with E-state index >= 15 is 0 Å². The number of hydrogen-bond donors (Lipinski definition) is 1. The number of aryl methyl sites for hydroxylation is 2. The summed E-state index contributed by atoms with van der Waals surface area (Å²) in [6, 6.07) is 12.1. The lowest BCUT2D eigenvalue weighted by molar-refractivity contribution is 0.489. The maximum atomic E-state index is 13.3. The third-order valence-electron chi connectivity index (χ3n) is 5.21. The van der Waals surface area contributed by atoms with Gasteiger partial charge in [0.15, 0.2) is 5.58 Å². The summed E-state index contributed by atoms with van der Waals surface area (Å²) in [4.78, 5) is 16.1. The lowest BCUT2D eigenvalue weighted by Gasteiger charge is -2.17. The van der Waals surface area contributed by atoms with E-state index in [-0.39, 0.29) is 22.3 Å². The summed E-state index contributed by atoms with van der Waals surface area (Å²) < 4.78 is 49.2. The fourth-order valence-electron chi connectivity index (χ4n) is 3.61. The third-order valence-corrected chi connectivity index (χ3v) is 7.79. The number of halogens is 2. The molecular formula is C22H19BrFN3O4S. The van der Waals surface area contributed by atoms with Crippen LogP contribution in [0, 0.1) is 19.8 Å². The van der Waals surface area contributed by atoms with Crippen LogP contribution in [0.3, 0.4) is 0 Å². The molecule has 0 amide bonds. The lowest BCUT2D eigenvalue weighted by atomic mass is 10.1. The number of pyridine rings is 1. The zero-order chi connectivity index (χ0) is 23.2. The quantitative estimate of drug-likeness (QED) is 0.377. The van der Waals surface area contributed by atoms with Crippen molar-refractivity contribution in [3.63, 3.8) is 0 Å². The van der Waals surface area contributed by atoms with Gasteiger partial charge in [0.05, 0.1) is 16.5 Å². The van der Waals surface area contributed by atoms with Crippen LogP contribution in [0.2, 0.25) is 0 Å². The first-order valence-electron chi connectivity index (χ1n) is 9.64. The van der Waals surface area contributed by atoms with Crippen LogP contribution < -0.4 is 10.5 Å². The van der Waals surface area contributed by atoms with Gasteiger partial charge >= 0.3 is 5.76 Å². The Morgan fingerprint density at radius 1 is 1.12 bits per heavy atom. The number of rotatable bonds is 5. The van der Waals surface area contributed by atoms with Gasteiger partial charge in [0.1, 0.15) is 5.82 Å². The predicted molar refractivity (Wildman–Crippen MR) is 123 cm³/mol. The molecule has 10 heteroatoms. The Balaban J connectivity index is 1.81. The molecule has 0 aliphatic heterocycles. The summed E-state index contributed by atoms with van der Waals surface area (Å²) in [5.41, 5.74) is 2.91. The van der Waals surface area contributed by atoms with Crippen molar-refractivity contribution >= 4 is 42.9 Å². The number of nitrogens with zero attached hydrogens (tertiary/aromatic N) is 2. The Hall–Kier alpha value is -2.98. The van der Waals surface area contributed by atoms with Gasteiger partial charge in [-0.1, -0.05) is 40.2 Å². The highest BCUT2D eigenvalue weighted by molar-refractivity contribution is 9.10. The molecule has 0 aliphatic rings. The van der Waals surface area contributed by atoms with Gasteiger partial charge in [-0.25, -0.2) is 18.2 Å². The molecule has 1 N–H and O–H groups in total. The number of benzene rings is 2. The van der Waals surface area contributed by atoms with Gasteiger partial charge in [-0.2, -0.15) is 4.39 Å². The van der Waals surface area contributed by atoms with E-state index in [2.05, 4.69) is 25.6 Å². The minimum Gasteiger partial charge on any atom is -0.408 e. The van der Waals surface area contributed by atoms with Gasteiger partial charge in [0.2, 0.25) is 5.95 Å². The summed E-state index contributed by atoms with van der Waals surface area (Å²) in [5.74, 6) is -1.56. The van der Waals surface area contributed by atoms with E-state index < -0.39 is 21.7 Å². The van der Waals surface area contributed by atoms with Gasteiger partial charge in [-0.15, -0.1) is 0 Å². The fraction of sp³-hybridized carbons (Fsp3) is 0.182. The van der Waals surface area contributed by atoms with Gasteiger partial charge < -0.3 is 4.42 Å². The van der Waals surface area contributed by atoms with Crippen molar-refractivity contribution in [2.45, 2.75) is 31.7 Å². The molecule has 0 radical (unpaired) electrons. The van der Waals surface area contributed by atoms with Crippen LogP contribution in [0.1, 0.15) is 29.7 Å². The van der Waals surface area contributed by atoms with Crippen molar-refractivity contribution in [1.29, 1.82) is 0 Å². The highest BCUT2D eigenvalue weighted by atomic mass is 79.9. The Bertz CT molecular complexity index is 1510. The largest absolute Gasteiger partial charge is 0.420 e. The van der Waals surface area contributed by atoms with Crippen molar-refractivity contribution in [1.82, 2.24) is 9.55 Å². The number of aromatic nitrogens is 2. The van der Waals surface area contributed by atoms with Crippen LogP contribution in [-0.4, -0.2) is 18.0 Å². The first-order valence-corrected chi connectivity index (χ1v) is 11.9. The van der Waals surface area contributed by atoms with Crippen molar-refractivity contribution in [2.24, 2.45) is 0 Å². The molecule has 0 saturated heterocycles. The number of hydrogen-bond acceptors (Lipinski definition) is 5. The molecular weight excluding hydrogens is 501 g/mol. The Morgan fingerprint density at radius 2 is 1.84 bits per heavy atom. The molecule has 0 aliphatic carbocycles. The van der Waals surface area contributed by atoms with Crippen molar-refractivity contribution in [3.05, 3.63) is 86.2 Å². The molecule has 4 aromatic rings. The van der Waals surface area contributed by atoms with Gasteiger partial charge in [0.25, 0.3) is 10.0 Å². The Morgan fingerprint density at radius 3 is 2.56 bits per heavy atom. The summed E-state index contributed by atoms with van der Waals surface area (Å²) in [7, 11) is -4.10. The lowest BCUT2D eigenvalue weighted by Crippen LogP contribution is -2.20. The second kappa shape index (κ2) is 8.18. The van der Waals surface area contributed by atoms with E-state index in [9.17, 15) is 17.6 Å². The Labute approximate surface area is 192 Å². The van der Waals surface area contributed by atoms with E-state index in [1.54, 1.807) is 13.0 Å². The van der Waals surface area contributed by atoms with Crippen LogP contribution in [0.25, 0.3) is 11.1 Å². The average molecular weight is 520 g/mol. The minimum absolute atomic E-state index is 0.0960. The first-order chi connectivity index (χ1) is 15.1. The fourth-order valence-corrected chi connectivity index (χ4v) is 5.45. The predicted octanol–water partition coefficient (Wildman–Crippen LogP) is 4.92. The number of anilines is 1. The van der Waals surface area contributed by atoms with E-state index in [0.717, 1.165) is 21.7 Å². The second-order valence-electron chi connectivity index (χ2n) is 7.43. The number of fused-ring (bicyclic) bond motifs is 1. The summed E-state index contributed by atoms with van der Waals surface area (Å²) in [6.45, 7) is 5.44. The normalized spacial score (nSPS) is 12.8. The smallest absolute Gasteiger partial charge is 0.408 e. The van der Waals surface area contributed by atoms with E-state index in [0.29, 0.717) is 11.1 Å². The molecule has 0 fully saturated rings. The molecule has 2 aromatic heterocycles. The molecule has 0 spiro atoms. The standard InChI is InChI=1S/C22H19BrFN3O4S/c1-12-6-4-7-15(21(12)23)14(3)27-16-10-13(2)18(11-17(16)31-22(27)28)32(29,30)26-20-9-5-8-19(24)25-20/h4-11,14H,1-3H3,(H,25,26)/t14-/m1/s1. The van der Waals surface area contributed by atoms with E-state index in [4.69, 9.17) is 4.42 Å². The molecule has 0 saturated carbocycles. The van der Waals surface area contributed by atoms with Crippen LogP contribution in [0.5, 0.6) is 0 Å². The van der Waals surface area contributed by atoms with Crippen LogP contribution in [0.4, 0.5) is 10.2 Å². The highest BCUT2D eigenvalue weighted by Gasteiger charge is 2.24. The summed E-state index contributed by atoms with van der Waals surface area (Å²) in [6.07, 6.45) is 0. The zero-order valence-electron chi connectivity index (χ0n) is 17.4. The molecule has 166 valence electrons. The molecule has 0 unspecified atom stereocenters. The van der Waals surface area contributed by atoms with Crippen molar-refractivity contribution in [2.75, 3.05) is 4.72 Å². The van der Waals surface area contributed by atoms with Crippen molar-refractivity contribution in [3.8, 4) is 0 Å². The topological polar surface area (TPSA) is 94.2 Å². The maximum absolute atomic E-state index is 13.3. The van der Waals surface area contributed by atoms with Crippen molar-refractivity contribution < 1.29 is 17.2 Å². The van der Waals surface area contributed by atoms with E-state index in [1.807, 2.05) is 32.0 Å². The van der Waals surface area contributed by atoms with Gasteiger partial charge in [0, 0.05) is 10.5 Å².